The van der Waals surface area contributed by atoms with Crippen molar-refractivity contribution in [1.29, 1.82) is 0 Å². The van der Waals surface area contributed by atoms with E-state index < -0.39 is 17.7 Å². The monoisotopic (exact) mass is 300 g/mol. The number of benzene rings is 1. The molecule has 1 amide bonds. The number of anilines is 1. The van der Waals surface area contributed by atoms with E-state index in [0.717, 1.165) is 6.07 Å². The highest BCUT2D eigenvalue weighted by Crippen LogP contribution is 2.19. The second-order valence-corrected chi connectivity index (χ2v) is 4.44. The third kappa shape index (κ3) is 5.38. The van der Waals surface area contributed by atoms with Crippen LogP contribution in [0.3, 0.4) is 0 Å². The number of carbonyl (C=O) groups is 2. The van der Waals surface area contributed by atoms with E-state index in [1.165, 1.54) is 23.1 Å². The second-order valence-electron chi connectivity index (χ2n) is 4.03. The van der Waals surface area contributed by atoms with Gasteiger partial charge < -0.3 is 10.4 Å². The molecule has 20 heavy (non-hydrogen) atoms. The van der Waals surface area contributed by atoms with Crippen LogP contribution in [-0.4, -0.2) is 41.5 Å². The summed E-state index contributed by atoms with van der Waals surface area (Å²) in [7, 11) is 0. The molecule has 0 radical (unpaired) electrons. The highest BCUT2D eigenvalue weighted by molar-refractivity contribution is 6.31. The summed E-state index contributed by atoms with van der Waals surface area (Å²) in [5.41, 5.74) is 0.343. The van der Waals surface area contributed by atoms with Gasteiger partial charge in [0.25, 0.3) is 0 Å². The van der Waals surface area contributed by atoms with Crippen molar-refractivity contribution in [3.63, 3.8) is 0 Å². The van der Waals surface area contributed by atoms with Gasteiger partial charge in [0, 0.05) is 12.2 Å². The Hall–Kier alpha value is -1.92. The van der Waals surface area contributed by atoms with Crippen molar-refractivity contribution in [2.45, 2.75) is 0 Å². The first-order valence-corrected chi connectivity index (χ1v) is 6.10. The van der Waals surface area contributed by atoms with Gasteiger partial charge in [0.15, 0.2) is 0 Å². The first-order chi connectivity index (χ1) is 9.42. The van der Waals surface area contributed by atoms with Gasteiger partial charge in [0.2, 0.25) is 5.91 Å². The van der Waals surface area contributed by atoms with Gasteiger partial charge in [-0.1, -0.05) is 17.7 Å². The van der Waals surface area contributed by atoms with E-state index in [9.17, 15) is 14.0 Å². The molecule has 0 unspecified atom stereocenters. The van der Waals surface area contributed by atoms with Crippen molar-refractivity contribution in [2.24, 2.45) is 0 Å². The maximum absolute atomic E-state index is 13.0. The average Bonchev–Trinajstić information content (AvgIpc) is 2.33. The maximum Gasteiger partial charge on any atom is 0.317 e. The third-order valence-corrected chi connectivity index (χ3v) is 2.61. The Morgan fingerprint density at radius 3 is 2.70 bits per heavy atom. The van der Waals surface area contributed by atoms with Crippen LogP contribution in [0.5, 0.6) is 0 Å². The van der Waals surface area contributed by atoms with E-state index in [0.29, 0.717) is 5.69 Å². The molecule has 0 aliphatic rings. The Balaban J connectivity index is 2.62. The predicted molar refractivity (Wildman–Crippen MR) is 74.3 cm³/mol. The van der Waals surface area contributed by atoms with Crippen molar-refractivity contribution < 1.29 is 19.1 Å². The van der Waals surface area contributed by atoms with Crippen LogP contribution in [0.1, 0.15) is 0 Å². The quantitative estimate of drug-likeness (QED) is 0.756. The largest absolute Gasteiger partial charge is 0.480 e. The Bertz CT molecular complexity index is 522. The number of amides is 1. The fourth-order valence-corrected chi connectivity index (χ4v) is 1.72. The van der Waals surface area contributed by atoms with Crippen molar-refractivity contribution in [3.8, 4) is 0 Å². The maximum atomic E-state index is 13.0. The Kier molecular flexibility index (Phi) is 6.14. The van der Waals surface area contributed by atoms with E-state index in [-0.39, 0.29) is 24.7 Å². The molecule has 0 aliphatic heterocycles. The molecule has 0 fully saturated rings. The van der Waals surface area contributed by atoms with E-state index >= 15 is 0 Å². The van der Waals surface area contributed by atoms with Gasteiger partial charge >= 0.3 is 5.97 Å². The number of nitrogens with zero attached hydrogens (tertiary/aromatic N) is 1. The lowest BCUT2D eigenvalue weighted by atomic mass is 10.3. The van der Waals surface area contributed by atoms with E-state index in [1.54, 1.807) is 0 Å². The highest BCUT2D eigenvalue weighted by atomic mass is 35.5. The lowest BCUT2D eigenvalue weighted by Crippen LogP contribution is -2.37. The molecule has 0 bridgehead atoms. The number of halogens is 2. The molecule has 0 saturated carbocycles. The Labute approximate surface area is 120 Å². The number of nitrogens with one attached hydrogen (secondary N) is 1. The van der Waals surface area contributed by atoms with Gasteiger partial charge in [-0.2, -0.15) is 0 Å². The van der Waals surface area contributed by atoms with Crippen LogP contribution in [0.25, 0.3) is 0 Å². The molecule has 1 rings (SSSR count). The number of carboxylic acid groups (broad SMARTS) is 1. The number of hydrogen-bond acceptors (Lipinski definition) is 3. The summed E-state index contributed by atoms with van der Waals surface area (Å²) in [5.74, 6) is -2.04. The number of carbonyl (C=O) groups excluding carboxylic acids is 1. The first kappa shape index (κ1) is 16.1. The number of carboxylic acids is 1. The summed E-state index contributed by atoms with van der Waals surface area (Å²) in [6.07, 6.45) is 1.50. The van der Waals surface area contributed by atoms with Crippen molar-refractivity contribution in [3.05, 3.63) is 41.7 Å². The number of aliphatic carboxylic acids is 1. The summed E-state index contributed by atoms with van der Waals surface area (Å²) in [6, 6.07) is 3.79. The standard InChI is InChI=1S/C13H14ClFN2O3/c1-2-5-17(8-13(19)20)7-12(18)16-9-3-4-11(15)10(14)6-9/h2-4,6H,1,5,7-8H2,(H,16,18)(H,19,20). The molecule has 2 N–H and O–H groups in total. The Morgan fingerprint density at radius 2 is 2.15 bits per heavy atom. The van der Waals surface area contributed by atoms with Crippen LogP contribution in [0.2, 0.25) is 5.02 Å². The van der Waals surface area contributed by atoms with Crippen molar-refractivity contribution in [1.82, 2.24) is 4.90 Å². The number of hydrogen-bond donors (Lipinski definition) is 2. The van der Waals surface area contributed by atoms with Crippen LogP contribution in [0.4, 0.5) is 10.1 Å². The van der Waals surface area contributed by atoms with E-state index in [2.05, 4.69) is 11.9 Å². The molecule has 0 saturated heterocycles. The van der Waals surface area contributed by atoms with Gasteiger partial charge in [-0.05, 0) is 18.2 Å². The fourth-order valence-electron chi connectivity index (χ4n) is 1.54. The fraction of sp³-hybridized carbons (Fsp3) is 0.231. The van der Waals surface area contributed by atoms with Gasteiger partial charge in [-0.25, -0.2) is 4.39 Å². The van der Waals surface area contributed by atoms with Crippen LogP contribution >= 0.6 is 11.6 Å². The topological polar surface area (TPSA) is 69.6 Å². The molecule has 0 spiro atoms. The normalized spacial score (nSPS) is 10.3. The van der Waals surface area contributed by atoms with Gasteiger partial charge in [0.05, 0.1) is 18.1 Å². The molecule has 0 atom stereocenters. The molecule has 0 aromatic heterocycles. The first-order valence-electron chi connectivity index (χ1n) is 5.72. The van der Waals surface area contributed by atoms with Gasteiger partial charge in [-0.15, -0.1) is 6.58 Å². The van der Waals surface area contributed by atoms with E-state index in [4.69, 9.17) is 16.7 Å². The predicted octanol–water partition coefficient (Wildman–Crippen LogP) is 1.99. The molecule has 5 nitrogen and oxygen atoms in total. The summed E-state index contributed by atoms with van der Waals surface area (Å²) in [6.45, 7) is 3.37. The van der Waals surface area contributed by atoms with Crippen LogP contribution in [-0.2, 0) is 9.59 Å². The minimum absolute atomic E-state index is 0.101. The summed E-state index contributed by atoms with van der Waals surface area (Å²) in [5, 5.41) is 11.1. The molecule has 7 heteroatoms. The molecular formula is C13H14ClFN2O3. The van der Waals surface area contributed by atoms with Crippen LogP contribution in [0.15, 0.2) is 30.9 Å². The summed E-state index contributed by atoms with van der Waals surface area (Å²) >= 11 is 5.59. The zero-order valence-electron chi connectivity index (χ0n) is 10.6. The van der Waals surface area contributed by atoms with Crippen molar-refractivity contribution in [2.75, 3.05) is 25.0 Å². The van der Waals surface area contributed by atoms with Gasteiger partial charge in [-0.3, -0.25) is 14.5 Å². The smallest absolute Gasteiger partial charge is 0.317 e. The third-order valence-electron chi connectivity index (χ3n) is 2.32. The lowest BCUT2D eigenvalue weighted by molar-refractivity contribution is -0.138. The molecule has 1 aromatic carbocycles. The average molecular weight is 301 g/mol. The second kappa shape index (κ2) is 7.62. The molecule has 0 heterocycles. The summed E-state index contributed by atoms with van der Waals surface area (Å²) < 4.78 is 13.0. The van der Waals surface area contributed by atoms with Crippen LogP contribution < -0.4 is 5.32 Å². The SMILES string of the molecule is C=CCN(CC(=O)O)CC(=O)Nc1ccc(F)c(Cl)c1. The highest BCUT2D eigenvalue weighted by Gasteiger charge is 2.13. The van der Waals surface area contributed by atoms with Crippen LogP contribution in [0, 0.1) is 5.82 Å². The minimum atomic E-state index is -1.04. The molecular weight excluding hydrogens is 287 g/mol. The van der Waals surface area contributed by atoms with E-state index in [1.807, 2.05) is 0 Å². The molecule has 0 aliphatic carbocycles. The minimum Gasteiger partial charge on any atom is -0.480 e. The Morgan fingerprint density at radius 1 is 1.45 bits per heavy atom. The van der Waals surface area contributed by atoms with Crippen molar-refractivity contribution >= 4 is 29.2 Å². The number of rotatable bonds is 7. The summed E-state index contributed by atoms with van der Waals surface area (Å²) in [4.78, 5) is 23.8. The zero-order valence-corrected chi connectivity index (χ0v) is 11.4. The zero-order chi connectivity index (χ0) is 15.1. The molecule has 1 aromatic rings. The van der Waals surface area contributed by atoms with Gasteiger partial charge in [0.1, 0.15) is 5.82 Å². The lowest BCUT2D eigenvalue weighted by Gasteiger charge is -2.17. The molecule has 108 valence electrons.